The lowest BCUT2D eigenvalue weighted by molar-refractivity contribution is -0.135. The van der Waals surface area contributed by atoms with Crippen molar-refractivity contribution < 1.29 is 9.90 Å². The third kappa shape index (κ3) is 5.15. The van der Waals surface area contributed by atoms with Crippen molar-refractivity contribution in [3.05, 3.63) is 88.2 Å². The lowest BCUT2D eigenvalue weighted by atomic mass is 9.98. The summed E-state index contributed by atoms with van der Waals surface area (Å²) in [7, 11) is 0. The van der Waals surface area contributed by atoms with E-state index in [9.17, 15) is 9.90 Å². The number of amides is 1. The second-order valence-electron chi connectivity index (χ2n) is 7.25. The summed E-state index contributed by atoms with van der Waals surface area (Å²) < 4.78 is 1.01. The highest BCUT2D eigenvalue weighted by molar-refractivity contribution is 9.10. The maximum Gasteiger partial charge on any atom is 0.242 e. The molecular weight excluding hydrogens is 430 g/mol. The first-order chi connectivity index (χ1) is 13.9. The molecule has 0 saturated heterocycles. The number of hydrogen-bond donors (Lipinski definition) is 3. The van der Waals surface area contributed by atoms with Crippen LogP contribution in [0.15, 0.2) is 71.5 Å². The summed E-state index contributed by atoms with van der Waals surface area (Å²) in [6.07, 6.45) is 1.36. The van der Waals surface area contributed by atoms with E-state index in [4.69, 9.17) is 5.73 Å². The number of rotatable bonds is 6. The van der Waals surface area contributed by atoms with Crippen LogP contribution in [0.25, 0.3) is 5.57 Å². The lowest BCUT2D eigenvalue weighted by Crippen LogP contribution is -2.52. The number of halogens is 1. The van der Waals surface area contributed by atoms with Gasteiger partial charge in [0.05, 0.1) is 0 Å². The second-order valence-corrected chi connectivity index (χ2v) is 8.17. The minimum absolute atomic E-state index is 0.274. The Balaban J connectivity index is 1.59. The zero-order valence-electron chi connectivity index (χ0n) is 16.4. The molecule has 0 bridgehead atoms. The van der Waals surface area contributed by atoms with Crippen molar-refractivity contribution in [1.29, 1.82) is 0 Å². The summed E-state index contributed by atoms with van der Waals surface area (Å²) >= 11 is 3.42. The van der Waals surface area contributed by atoms with Crippen molar-refractivity contribution in [2.75, 3.05) is 6.54 Å². The zero-order valence-corrected chi connectivity index (χ0v) is 18.0. The van der Waals surface area contributed by atoms with Gasteiger partial charge in [-0.25, -0.2) is 0 Å². The first-order valence-electron chi connectivity index (χ1n) is 9.54. The van der Waals surface area contributed by atoms with E-state index in [1.807, 2.05) is 49.4 Å². The molecule has 1 amide bonds. The molecule has 5 nitrogen and oxygen atoms in total. The molecule has 1 aliphatic heterocycles. The quantitative estimate of drug-likeness (QED) is 0.624. The molecule has 2 atom stereocenters. The molecule has 2 aromatic rings. The van der Waals surface area contributed by atoms with E-state index in [0.717, 1.165) is 27.6 Å². The van der Waals surface area contributed by atoms with Crippen LogP contribution in [-0.2, 0) is 17.8 Å². The molecule has 4 N–H and O–H groups in total. The fraction of sp³-hybridized carbons (Fsp3) is 0.261. The highest BCUT2D eigenvalue weighted by Crippen LogP contribution is 2.20. The summed E-state index contributed by atoms with van der Waals surface area (Å²) in [5, 5.41) is 13.5. The molecule has 6 heteroatoms. The summed E-state index contributed by atoms with van der Waals surface area (Å²) in [5.41, 5.74) is 10.8. The standard InChI is InChI=1S/C23H26BrN3O2/c1-15(17-7-9-20(24)10-8-17)13-26-16(2)22(28)21(25)23(29)27-12-11-18-5-3-4-6-19(18)14-27/h3-10,13,21-22,26,28H,2,11-12,14,25H2,1H3/b15-13+. The molecule has 0 spiro atoms. The van der Waals surface area contributed by atoms with Gasteiger partial charge in [-0.3, -0.25) is 4.79 Å². The number of aliphatic hydroxyl groups is 1. The van der Waals surface area contributed by atoms with Gasteiger partial charge in [0.25, 0.3) is 0 Å². The number of fused-ring (bicyclic) bond motifs is 1. The summed E-state index contributed by atoms with van der Waals surface area (Å²) in [4.78, 5) is 14.5. The van der Waals surface area contributed by atoms with E-state index in [2.05, 4.69) is 33.9 Å². The molecule has 0 aliphatic carbocycles. The summed E-state index contributed by atoms with van der Waals surface area (Å²) in [6, 6.07) is 14.9. The van der Waals surface area contributed by atoms with Crippen molar-refractivity contribution >= 4 is 27.4 Å². The predicted octanol–water partition coefficient (Wildman–Crippen LogP) is 3.19. The average Bonchev–Trinajstić information content (AvgIpc) is 2.75. The minimum Gasteiger partial charge on any atom is -0.385 e. The second kappa shape index (κ2) is 9.39. The van der Waals surface area contributed by atoms with Crippen LogP contribution in [0.3, 0.4) is 0 Å². The van der Waals surface area contributed by atoms with Gasteiger partial charge in [0.15, 0.2) is 0 Å². The van der Waals surface area contributed by atoms with Gasteiger partial charge in [-0.15, -0.1) is 0 Å². The van der Waals surface area contributed by atoms with Gasteiger partial charge >= 0.3 is 0 Å². The monoisotopic (exact) mass is 455 g/mol. The largest absolute Gasteiger partial charge is 0.385 e. The molecule has 0 saturated carbocycles. The number of benzene rings is 2. The maximum absolute atomic E-state index is 12.8. The SMILES string of the molecule is C=C(N/C=C(\C)c1ccc(Br)cc1)C(O)C(N)C(=O)N1CCc2ccccc2C1. The van der Waals surface area contributed by atoms with Crippen molar-refractivity contribution in [2.45, 2.75) is 32.0 Å². The Kier molecular flexibility index (Phi) is 6.90. The van der Waals surface area contributed by atoms with Crippen LogP contribution in [0.1, 0.15) is 23.6 Å². The average molecular weight is 456 g/mol. The number of hydrogen-bond acceptors (Lipinski definition) is 4. The molecule has 0 radical (unpaired) electrons. The van der Waals surface area contributed by atoms with E-state index in [1.165, 1.54) is 5.56 Å². The van der Waals surface area contributed by atoms with Crippen LogP contribution >= 0.6 is 15.9 Å². The lowest BCUT2D eigenvalue weighted by Gasteiger charge is -2.32. The molecular formula is C23H26BrN3O2. The van der Waals surface area contributed by atoms with Gasteiger partial charge < -0.3 is 21.1 Å². The summed E-state index contributed by atoms with van der Waals surface area (Å²) in [6.45, 7) is 6.91. The maximum atomic E-state index is 12.8. The first-order valence-corrected chi connectivity index (χ1v) is 10.3. The van der Waals surface area contributed by atoms with E-state index in [1.54, 1.807) is 11.1 Å². The number of carbonyl (C=O) groups is 1. The van der Waals surface area contributed by atoms with Gasteiger partial charge in [0, 0.05) is 29.5 Å². The molecule has 29 heavy (non-hydrogen) atoms. The number of nitrogens with zero attached hydrogens (tertiary/aromatic N) is 1. The van der Waals surface area contributed by atoms with E-state index in [-0.39, 0.29) is 5.91 Å². The van der Waals surface area contributed by atoms with E-state index < -0.39 is 12.1 Å². The topological polar surface area (TPSA) is 78.6 Å². The molecule has 1 heterocycles. The minimum atomic E-state index is -1.19. The molecule has 0 aromatic heterocycles. The smallest absolute Gasteiger partial charge is 0.242 e. The Labute approximate surface area is 180 Å². The van der Waals surface area contributed by atoms with E-state index >= 15 is 0 Å². The Morgan fingerprint density at radius 2 is 1.90 bits per heavy atom. The predicted molar refractivity (Wildman–Crippen MR) is 120 cm³/mol. The zero-order chi connectivity index (χ0) is 21.0. The van der Waals surface area contributed by atoms with Crippen molar-refractivity contribution in [3.63, 3.8) is 0 Å². The fourth-order valence-electron chi connectivity index (χ4n) is 3.33. The number of carbonyl (C=O) groups excluding carboxylic acids is 1. The fourth-order valence-corrected chi connectivity index (χ4v) is 3.59. The Hall–Kier alpha value is -2.41. The van der Waals surface area contributed by atoms with Crippen LogP contribution in [0, 0.1) is 0 Å². The Morgan fingerprint density at radius 3 is 2.59 bits per heavy atom. The third-order valence-electron chi connectivity index (χ3n) is 5.20. The van der Waals surface area contributed by atoms with Crippen molar-refractivity contribution in [1.82, 2.24) is 10.2 Å². The highest BCUT2D eigenvalue weighted by atomic mass is 79.9. The molecule has 2 unspecified atom stereocenters. The van der Waals surface area contributed by atoms with Gasteiger partial charge in [-0.05, 0) is 47.7 Å². The molecule has 2 aromatic carbocycles. The normalized spacial score (nSPS) is 16.0. The summed E-state index contributed by atoms with van der Waals surface area (Å²) in [5.74, 6) is -0.274. The van der Waals surface area contributed by atoms with E-state index in [0.29, 0.717) is 18.8 Å². The molecule has 1 aliphatic rings. The van der Waals surface area contributed by atoms with Gasteiger partial charge in [-0.1, -0.05) is 58.9 Å². The van der Waals surface area contributed by atoms with Crippen LogP contribution < -0.4 is 11.1 Å². The van der Waals surface area contributed by atoms with Crippen LogP contribution in [0.2, 0.25) is 0 Å². The van der Waals surface area contributed by atoms with Crippen LogP contribution in [0.5, 0.6) is 0 Å². The van der Waals surface area contributed by atoms with Crippen molar-refractivity contribution in [3.8, 4) is 0 Å². The van der Waals surface area contributed by atoms with Crippen LogP contribution in [0.4, 0.5) is 0 Å². The molecule has 3 rings (SSSR count). The first kappa shape index (κ1) is 21.3. The van der Waals surface area contributed by atoms with Gasteiger partial charge in [-0.2, -0.15) is 0 Å². The number of nitrogens with one attached hydrogen (secondary N) is 1. The number of allylic oxidation sites excluding steroid dienone is 1. The third-order valence-corrected chi connectivity index (χ3v) is 5.73. The number of nitrogens with two attached hydrogens (primary N) is 1. The Bertz CT molecular complexity index is 924. The molecule has 152 valence electrons. The highest BCUT2D eigenvalue weighted by Gasteiger charge is 2.30. The van der Waals surface area contributed by atoms with Crippen molar-refractivity contribution in [2.24, 2.45) is 5.73 Å². The van der Waals surface area contributed by atoms with Gasteiger partial charge in [0.1, 0.15) is 12.1 Å². The van der Waals surface area contributed by atoms with Crippen LogP contribution in [-0.4, -0.2) is 34.6 Å². The van der Waals surface area contributed by atoms with Gasteiger partial charge in [0.2, 0.25) is 5.91 Å². The molecule has 0 fully saturated rings. The number of aliphatic hydroxyl groups excluding tert-OH is 1. The Morgan fingerprint density at radius 1 is 1.24 bits per heavy atom.